The van der Waals surface area contributed by atoms with Gasteiger partial charge in [0.15, 0.2) is 0 Å². The third-order valence-corrected chi connectivity index (χ3v) is 8.03. The molecule has 2 bridgehead atoms. The van der Waals surface area contributed by atoms with Crippen molar-refractivity contribution in [3.05, 3.63) is 30.3 Å². The van der Waals surface area contributed by atoms with E-state index in [2.05, 4.69) is 15.5 Å². The Bertz CT molecular complexity index is 955. The van der Waals surface area contributed by atoms with Crippen molar-refractivity contribution < 1.29 is 29.0 Å². The third-order valence-electron chi connectivity index (χ3n) is 8.03. The number of carbonyl (C=O) groups is 3. The Balaban J connectivity index is 1.33. The summed E-state index contributed by atoms with van der Waals surface area (Å²) in [6, 6.07) is 8.40. The lowest BCUT2D eigenvalue weighted by atomic mass is 9.70. The fourth-order valence-electron chi connectivity index (χ4n) is 6.39. The van der Waals surface area contributed by atoms with Crippen LogP contribution in [0.15, 0.2) is 30.3 Å². The van der Waals surface area contributed by atoms with Gasteiger partial charge in [-0.15, -0.1) is 0 Å². The number of fused-ring (bicyclic) bond motifs is 1. The number of aliphatic hydroxyl groups is 1. The first kappa shape index (κ1) is 25.1. The number of anilines is 1. The van der Waals surface area contributed by atoms with Crippen molar-refractivity contribution in [3.8, 4) is 0 Å². The third kappa shape index (κ3) is 4.63. The van der Waals surface area contributed by atoms with E-state index in [4.69, 9.17) is 9.47 Å². The average molecular weight is 501 g/mol. The second-order valence-electron chi connectivity index (χ2n) is 10.1. The van der Waals surface area contributed by atoms with Gasteiger partial charge in [-0.25, -0.2) is 0 Å². The molecule has 10 heteroatoms. The number of aliphatic hydroxyl groups excluding tert-OH is 1. The summed E-state index contributed by atoms with van der Waals surface area (Å²) >= 11 is 0. The van der Waals surface area contributed by atoms with E-state index in [-0.39, 0.29) is 30.4 Å². The molecule has 196 valence electrons. The van der Waals surface area contributed by atoms with Crippen LogP contribution in [0.5, 0.6) is 0 Å². The predicted molar refractivity (Wildman–Crippen MR) is 131 cm³/mol. The van der Waals surface area contributed by atoms with Gasteiger partial charge in [0.2, 0.25) is 17.7 Å². The number of carbonyl (C=O) groups excluding carboxylic acids is 3. The van der Waals surface area contributed by atoms with Gasteiger partial charge in [-0.1, -0.05) is 18.2 Å². The number of unbranched alkanes of at least 4 members (excludes halogenated alkanes) is 1. The zero-order chi connectivity index (χ0) is 25.1. The zero-order valence-electron chi connectivity index (χ0n) is 20.6. The molecular formula is C26H36N4O6. The Morgan fingerprint density at radius 1 is 1.08 bits per heavy atom. The summed E-state index contributed by atoms with van der Waals surface area (Å²) in [4.78, 5) is 44.6. The van der Waals surface area contributed by atoms with E-state index in [9.17, 15) is 19.5 Å². The summed E-state index contributed by atoms with van der Waals surface area (Å²) in [6.07, 6.45) is 1.94. The standard InChI is InChI=1S/C26H36N4O6/c31-15-5-4-11-30-22(24(33)27-10-12-29-13-16-35-17-14-29)26-9-8-19(36-26)20(21(26)25(30)34)23(32)28-18-6-2-1-3-7-18/h1-3,6-7,19-22,31H,4-5,8-17H2,(H,27,33)(H,28,32)/t19-,20+,21+,22?,26?/m1/s1. The normalized spacial score (nSPS) is 31.5. The molecule has 3 N–H and O–H groups in total. The van der Waals surface area contributed by atoms with E-state index < -0.39 is 23.5 Å². The maximum absolute atomic E-state index is 13.8. The Hall–Kier alpha value is -2.53. The average Bonchev–Trinajstić information content (AvgIpc) is 3.53. The Labute approximate surface area is 211 Å². The topological polar surface area (TPSA) is 120 Å². The van der Waals surface area contributed by atoms with Crippen LogP contribution in [0, 0.1) is 11.8 Å². The molecule has 4 aliphatic heterocycles. The minimum atomic E-state index is -0.997. The van der Waals surface area contributed by atoms with E-state index in [0.29, 0.717) is 64.2 Å². The van der Waals surface area contributed by atoms with Crippen LogP contribution >= 0.6 is 0 Å². The lowest BCUT2D eigenvalue weighted by molar-refractivity contribution is -0.141. The molecule has 1 aromatic carbocycles. The molecule has 1 spiro atoms. The van der Waals surface area contributed by atoms with Gasteiger partial charge in [-0.3, -0.25) is 19.3 Å². The molecule has 5 rings (SSSR count). The number of para-hydroxylation sites is 1. The Morgan fingerprint density at radius 2 is 1.86 bits per heavy atom. The van der Waals surface area contributed by atoms with Gasteiger partial charge in [0, 0.05) is 45.0 Å². The molecule has 5 atom stereocenters. The number of ether oxygens (including phenoxy) is 2. The highest BCUT2D eigenvalue weighted by Crippen LogP contribution is 2.58. The largest absolute Gasteiger partial charge is 0.396 e. The van der Waals surface area contributed by atoms with Gasteiger partial charge in [0.25, 0.3) is 0 Å². The highest BCUT2D eigenvalue weighted by atomic mass is 16.5. The van der Waals surface area contributed by atoms with Crippen LogP contribution in [0.1, 0.15) is 25.7 Å². The van der Waals surface area contributed by atoms with Gasteiger partial charge in [0.1, 0.15) is 11.6 Å². The molecule has 4 saturated heterocycles. The van der Waals surface area contributed by atoms with E-state index in [1.54, 1.807) is 4.90 Å². The molecule has 0 aromatic heterocycles. The number of hydrogen-bond acceptors (Lipinski definition) is 7. The van der Waals surface area contributed by atoms with E-state index in [1.807, 2.05) is 30.3 Å². The van der Waals surface area contributed by atoms with Crippen LogP contribution in [-0.2, 0) is 23.9 Å². The lowest BCUT2D eigenvalue weighted by Gasteiger charge is -2.34. The molecule has 4 aliphatic rings. The van der Waals surface area contributed by atoms with Crippen molar-refractivity contribution >= 4 is 23.4 Å². The summed E-state index contributed by atoms with van der Waals surface area (Å²) in [7, 11) is 0. The van der Waals surface area contributed by atoms with Crippen LogP contribution in [0.3, 0.4) is 0 Å². The van der Waals surface area contributed by atoms with Crippen LogP contribution < -0.4 is 10.6 Å². The number of nitrogens with one attached hydrogen (secondary N) is 2. The number of benzene rings is 1. The Kier molecular flexibility index (Phi) is 7.57. The number of rotatable bonds is 10. The van der Waals surface area contributed by atoms with Gasteiger partial charge in [-0.2, -0.15) is 0 Å². The van der Waals surface area contributed by atoms with Gasteiger partial charge in [0.05, 0.1) is 31.2 Å². The van der Waals surface area contributed by atoms with Crippen molar-refractivity contribution in [3.63, 3.8) is 0 Å². The quantitative estimate of drug-likeness (QED) is 0.393. The highest BCUT2D eigenvalue weighted by Gasteiger charge is 2.74. The minimum absolute atomic E-state index is 0.0215. The number of hydrogen-bond donors (Lipinski definition) is 3. The zero-order valence-corrected chi connectivity index (χ0v) is 20.6. The fourth-order valence-corrected chi connectivity index (χ4v) is 6.39. The van der Waals surface area contributed by atoms with Crippen LogP contribution in [-0.4, -0.2) is 103 Å². The lowest BCUT2D eigenvalue weighted by Crippen LogP contribution is -2.56. The molecule has 36 heavy (non-hydrogen) atoms. The Morgan fingerprint density at radius 3 is 2.61 bits per heavy atom. The number of nitrogens with zero attached hydrogens (tertiary/aromatic N) is 2. The molecule has 2 unspecified atom stereocenters. The smallest absolute Gasteiger partial charge is 0.245 e. The number of likely N-dealkylation sites (tertiary alicyclic amines) is 1. The van der Waals surface area contributed by atoms with Crippen molar-refractivity contribution in [2.75, 3.05) is 57.9 Å². The van der Waals surface area contributed by atoms with Crippen molar-refractivity contribution in [2.45, 2.75) is 43.4 Å². The molecule has 1 aromatic rings. The maximum Gasteiger partial charge on any atom is 0.245 e. The monoisotopic (exact) mass is 500 g/mol. The molecule has 10 nitrogen and oxygen atoms in total. The molecule has 0 saturated carbocycles. The highest BCUT2D eigenvalue weighted by molar-refractivity contribution is 6.01. The predicted octanol–water partition coefficient (Wildman–Crippen LogP) is 0.221. The molecule has 4 fully saturated rings. The van der Waals surface area contributed by atoms with Gasteiger partial charge in [-0.05, 0) is 37.8 Å². The first-order valence-corrected chi connectivity index (χ1v) is 13.1. The summed E-state index contributed by atoms with van der Waals surface area (Å²) in [5, 5.41) is 15.3. The van der Waals surface area contributed by atoms with E-state index >= 15 is 0 Å². The molecular weight excluding hydrogens is 464 g/mol. The number of morpholine rings is 1. The molecule has 3 amide bonds. The maximum atomic E-state index is 13.8. The molecule has 0 aliphatic carbocycles. The first-order valence-electron chi connectivity index (χ1n) is 13.1. The summed E-state index contributed by atoms with van der Waals surface area (Å²) in [5.41, 5.74) is -0.329. The summed E-state index contributed by atoms with van der Waals surface area (Å²) < 4.78 is 11.8. The van der Waals surface area contributed by atoms with Crippen molar-refractivity contribution in [1.82, 2.24) is 15.1 Å². The SMILES string of the molecule is O=C(NCCN1CCOCC1)C1N(CCCCO)C(=O)[C@@H]2[C@@H](C(=O)Nc3ccccc3)[C@H]3CCC12O3. The summed E-state index contributed by atoms with van der Waals surface area (Å²) in [5.74, 6) is -2.00. The second-order valence-corrected chi connectivity index (χ2v) is 10.1. The second kappa shape index (κ2) is 10.8. The van der Waals surface area contributed by atoms with Crippen LogP contribution in [0.25, 0.3) is 0 Å². The van der Waals surface area contributed by atoms with Gasteiger partial charge < -0.3 is 30.1 Å². The fraction of sp³-hybridized carbons (Fsp3) is 0.654. The minimum Gasteiger partial charge on any atom is -0.396 e. The summed E-state index contributed by atoms with van der Waals surface area (Å²) in [6.45, 7) is 4.60. The van der Waals surface area contributed by atoms with Gasteiger partial charge >= 0.3 is 0 Å². The molecule has 0 radical (unpaired) electrons. The van der Waals surface area contributed by atoms with Crippen LogP contribution in [0.2, 0.25) is 0 Å². The van der Waals surface area contributed by atoms with E-state index in [1.165, 1.54) is 0 Å². The first-order chi connectivity index (χ1) is 17.5. The van der Waals surface area contributed by atoms with E-state index in [0.717, 1.165) is 13.1 Å². The van der Waals surface area contributed by atoms with Crippen molar-refractivity contribution in [1.29, 1.82) is 0 Å². The number of amides is 3. The van der Waals surface area contributed by atoms with Crippen LogP contribution in [0.4, 0.5) is 5.69 Å². The molecule has 4 heterocycles. The van der Waals surface area contributed by atoms with Crippen molar-refractivity contribution in [2.24, 2.45) is 11.8 Å².